The number of nitrogens with one attached hydrogen (secondary N) is 1. The predicted molar refractivity (Wildman–Crippen MR) is 99.7 cm³/mol. The standard InChI is InChI=1S/C16H26N4OS.ClH/c1-9(2)6-11(8-17)18-15(21)13-7-12-14(10(3)4)19-20(5)16(12)22-13;/h7,9-11H,6,8,17H2,1-5H3,(H,18,21);1H. The maximum atomic E-state index is 12.5. The van der Waals surface area contributed by atoms with E-state index in [0.29, 0.717) is 18.4 Å². The molecule has 0 saturated carbocycles. The second-order valence-corrected chi connectivity index (χ2v) is 7.56. The summed E-state index contributed by atoms with van der Waals surface area (Å²) in [5.41, 5.74) is 6.81. The van der Waals surface area contributed by atoms with Crippen LogP contribution >= 0.6 is 23.7 Å². The average Bonchev–Trinajstić information content (AvgIpc) is 2.98. The van der Waals surface area contributed by atoms with Crippen LogP contribution in [-0.4, -0.2) is 28.3 Å². The Labute approximate surface area is 148 Å². The van der Waals surface area contributed by atoms with Gasteiger partial charge >= 0.3 is 0 Å². The van der Waals surface area contributed by atoms with Gasteiger partial charge in [-0.3, -0.25) is 9.48 Å². The average molecular weight is 359 g/mol. The van der Waals surface area contributed by atoms with Gasteiger partial charge in [-0.25, -0.2) is 0 Å². The monoisotopic (exact) mass is 358 g/mol. The fourth-order valence-corrected chi connectivity index (χ4v) is 3.63. The summed E-state index contributed by atoms with van der Waals surface area (Å²) in [7, 11) is 1.92. The molecule has 0 saturated heterocycles. The van der Waals surface area contributed by atoms with Crippen LogP contribution in [0.15, 0.2) is 6.07 Å². The number of hydrogen-bond acceptors (Lipinski definition) is 4. The number of aryl methyl sites for hydroxylation is 1. The molecule has 2 heterocycles. The van der Waals surface area contributed by atoms with Gasteiger partial charge < -0.3 is 11.1 Å². The van der Waals surface area contributed by atoms with E-state index in [4.69, 9.17) is 5.73 Å². The lowest BCUT2D eigenvalue weighted by Crippen LogP contribution is -2.40. The number of rotatable bonds is 6. The maximum absolute atomic E-state index is 12.5. The van der Waals surface area contributed by atoms with Crippen molar-refractivity contribution in [3.05, 3.63) is 16.6 Å². The molecule has 1 atom stereocenters. The molecule has 0 aliphatic heterocycles. The summed E-state index contributed by atoms with van der Waals surface area (Å²) in [6.07, 6.45) is 0.895. The molecule has 2 aromatic rings. The molecule has 0 fully saturated rings. The third-order valence-electron chi connectivity index (χ3n) is 3.69. The third kappa shape index (κ3) is 4.46. The summed E-state index contributed by atoms with van der Waals surface area (Å²) in [6, 6.07) is 1.99. The highest BCUT2D eigenvalue weighted by Gasteiger charge is 2.20. The molecule has 5 nitrogen and oxygen atoms in total. The molecule has 2 rings (SSSR count). The minimum Gasteiger partial charge on any atom is -0.347 e. The van der Waals surface area contributed by atoms with Crippen molar-refractivity contribution in [1.82, 2.24) is 15.1 Å². The number of hydrogen-bond donors (Lipinski definition) is 2. The molecule has 0 radical (unpaired) electrons. The number of amides is 1. The van der Waals surface area contributed by atoms with E-state index in [2.05, 4.69) is 38.1 Å². The predicted octanol–water partition coefficient (Wildman–Crippen LogP) is 3.28. The van der Waals surface area contributed by atoms with Crippen molar-refractivity contribution in [2.24, 2.45) is 18.7 Å². The fourth-order valence-electron chi connectivity index (χ4n) is 2.64. The van der Waals surface area contributed by atoms with Crippen molar-refractivity contribution < 1.29 is 4.79 Å². The van der Waals surface area contributed by atoms with Crippen molar-refractivity contribution in [3.8, 4) is 0 Å². The molecule has 0 aliphatic rings. The van der Waals surface area contributed by atoms with E-state index < -0.39 is 0 Å². The first-order chi connectivity index (χ1) is 10.3. The largest absolute Gasteiger partial charge is 0.347 e. The van der Waals surface area contributed by atoms with E-state index in [1.165, 1.54) is 11.3 Å². The Bertz CT molecular complexity index is 662. The van der Waals surface area contributed by atoms with Gasteiger partial charge in [-0.05, 0) is 24.3 Å². The number of nitrogens with zero attached hydrogens (tertiary/aromatic N) is 2. The molecule has 3 N–H and O–H groups in total. The summed E-state index contributed by atoms with van der Waals surface area (Å²) >= 11 is 1.49. The first-order valence-electron chi connectivity index (χ1n) is 7.80. The highest BCUT2D eigenvalue weighted by Crippen LogP contribution is 2.31. The molecule has 130 valence electrons. The number of aromatic nitrogens is 2. The van der Waals surface area contributed by atoms with Crippen molar-refractivity contribution in [2.45, 2.75) is 46.1 Å². The van der Waals surface area contributed by atoms with Gasteiger partial charge in [0.2, 0.25) is 0 Å². The molecular weight excluding hydrogens is 332 g/mol. The van der Waals surface area contributed by atoms with Crippen LogP contribution < -0.4 is 11.1 Å². The molecule has 1 unspecified atom stereocenters. The van der Waals surface area contributed by atoms with Gasteiger partial charge in [0, 0.05) is 25.0 Å². The van der Waals surface area contributed by atoms with Gasteiger partial charge in [-0.15, -0.1) is 23.7 Å². The van der Waals surface area contributed by atoms with Crippen LogP contribution in [0.3, 0.4) is 0 Å². The summed E-state index contributed by atoms with van der Waals surface area (Å²) in [5.74, 6) is 0.812. The van der Waals surface area contributed by atoms with Gasteiger partial charge in [0.1, 0.15) is 4.83 Å². The first-order valence-corrected chi connectivity index (χ1v) is 8.62. The van der Waals surface area contributed by atoms with E-state index in [9.17, 15) is 4.79 Å². The van der Waals surface area contributed by atoms with Crippen molar-refractivity contribution in [2.75, 3.05) is 6.54 Å². The lowest BCUT2D eigenvalue weighted by molar-refractivity contribution is 0.0938. The highest BCUT2D eigenvalue weighted by molar-refractivity contribution is 7.20. The van der Waals surface area contributed by atoms with Gasteiger partial charge in [0.25, 0.3) is 5.91 Å². The number of carbonyl (C=O) groups is 1. The summed E-state index contributed by atoms with van der Waals surface area (Å²) in [6.45, 7) is 8.97. The summed E-state index contributed by atoms with van der Waals surface area (Å²) in [5, 5.41) is 8.68. The van der Waals surface area contributed by atoms with Crippen LogP contribution in [-0.2, 0) is 7.05 Å². The van der Waals surface area contributed by atoms with Crippen LogP contribution in [0.2, 0.25) is 0 Å². The molecule has 0 spiro atoms. The smallest absolute Gasteiger partial charge is 0.261 e. The zero-order valence-corrected chi connectivity index (χ0v) is 16.1. The van der Waals surface area contributed by atoms with Crippen LogP contribution in [0, 0.1) is 5.92 Å². The van der Waals surface area contributed by atoms with E-state index >= 15 is 0 Å². The minimum atomic E-state index is -0.0352. The second kappa shape index (κ2) is 8.13. The lowest BCUT2D eigenvalue weighted by Gasteiger charge is -2.18. The molecule has 1 amide bonds. The minimum absolute atomic E-state index is 0. The van der Waals surface area contributed by atoms with Gasteiger partial charge in [0.15, 0.2) is 0 Å². The molecule has 0 aliphatic carbocycles. The Morgan fingerprint density at radius 3 is 2.57 bits per heavy atom. The normalized spacial score (nSPS) is 12.7. The fraction of sp³-hybridized carbons (Fsp3) is 0.625. The SMILES string of the molecule is CC(C)CC(CN)NC(=O)c1cc2c(C(C)C)nn(C)c2s1.Cl. The van der Waals surface area contributed by atoms with Crippen LogP contribution in [0.1, 0.15) is 55.4 Å². The molecule has 2 aromatic heterocycles. The lowest BCUT2D eigenvalue weighted by atomic mass is 10.0. The number of halogens is 1. The van der Waals surface area contributed by atoms with Crippen LogP contribution in [0.4, 0.5) is 0 Å². The van der Waals surface area contributed by atoms with E-state index in [1.54, 1.807) is 0 Å². The van der Waals surface area contributed by atoms with Crippen LogP contribution in [0.5, 0.6) is 0 Å². The molecule has 0 aromatic carbocycles. The van der Waals surface area contributed by atoms with E-state index in [1.807, 2.05) is 17.8 Å². The number of thiophene rings is 1. The molecule has 7 heteroatoms. The Kier molecular flexibility index (Phi) is 7.04. The highest BCUT2D eigenvalue weighted by atomic mass is 35.5. The van der Waals surface area contributed by atoms with Crippen molar-refractivity contribution >= 4 is 39.9 Å². The Balaban J connectivity index is 0.00000264. The summed E-state index contributed by atoms with van der Waals surface area (Å²) < 4.78 is 1.86. The van der Waals surface area contributed by atoms with Gasteiger partial charge in [-0.2, -0.15) is 5.10 Å². The third-order valence-corrected chi connectivity index (χ3v) is 4.89. The van der Waals surface area contributed by atoms with Crippen molar-refractivity contribution in [3.63, 3.8) is 0 Å². The first kappa shape index (κ1) is 19.9. The Morgan fingerprint density at radius 1 is 1.39 bits per heavy atom. The quantitative estimate of drug-likeness (QED) is 0.832. The van der Waals surface area contributed by atoms with E-state index in [0.717, 1.165) is 27.2 Å². The summed E-state index contributed by atoms with van der Waals surface area (Å²) in [4.78, 5) is 14.2. The number of carbonyl (C=O) groups excluding carboxylic acids is 1. The van der Waals surface area contributed by atoms with Crippen molar-refractivity contribution in [1.29, 1.82) is 0 Å². The topological polar surface area (TPSA) is 72.9 Å². The molecule has 0 bridgehead atoms. The maximum Gasteiger partial charge on any atom is 0.261 e. The van der Waals surface area contributed by atoms with Gasteiger partial charge in [0.05, 0.1) is 10.6 Å². The number of fused-ring (bicyclic) bond motifs is 1. The Hall–Kier alpha value is -1.11. The number of nitrogens with two attached hydrogens (primary N) is 1. The van der Waals surface area contributed by atoms with E-state index in [-0.39, 0.29) is 24.4 Å². The van der Waals surface area contributed by atoms with Gasteiger partial charge in [-0.1, -0.05) is 27.7 Å². The van der Waals surface area contributed by atoms with Crippen LogP contribution in [0.25, 0.3) is 10.2 Å². The molecule has 23 heavy (non-hydrogen) atoms. The zero-order chi connectivity index (χ0) is 16.4. The second-order valence-electron chi connectivity index (χ2n) is 6.53. The molecular formula is C16H27ClN4OS. The zero-order valence-electron chi connectivity index (χ0n) is 14.4. The Morgan fingerprint density at radius 2 is 2.04 bits per heavy atom.